The van der Waals surface area contributed by atoms with E-state index in [1.807, 2.05) is 13.8 Å². The molecule has 0 aliphatic heterocycles. The summed E-state index contributed by atoms with van der Waals surface area (Å²) in [6, 6.07) is -0.772. The monoisotopic (exact) mass is 431 g/mol. The van der Waals surface area contributed by atoms with Crippen molar-refractivity contribution in [2.75, 3.05) is 0 Å². The summed E-state index contributed by atoms with van der Waals surface area (Å²) in [4.78, 5) is 11.8. The number of carbonyl (C=O) groups excluding carboxylic acids is 1. The first-order chi connectivity index (χ1) is 8.65. The Morgan fingerprint density at radius 1 is 1.53 bits per heavy atom. The van der Waals surface area contributed by atoms with Gasteiger partial charge in [0.05, 0.1) is 10.5 Å². The van der Waals surface area contributed by atoms with Gasteiger partial charge in [-0.1, -0.05) is 13.8 Å². The maximum Gasteiger partial charge on any atom is 0.271 e. The molecule has 1 rings (SSSR count). The maximum absolute atomic E-state index is 12.3. The van der Waals surface area contributed by atoms with E-state index in [1.165, 1.54) is 11.3 Å². The van der Waals surface area contributed by atoms with Crippen LogP contribution < -0.4 is 10.9 Å². The molecule has 0 radical (unpaired) electrons. The molecule has 1 aromatic rings. The lowest BCUT2D eigenvalue weighted by atomic mass is 10.0. The number of rotatable bonds is 4. The number of halogens is 2. The van der Waals surface area contributed by atoms with E-state index in [1.54, 1.807) is 5.38 Å². The van der Waals surface area contributed by atoms with Crippen LogP contribution in [0.3, 0.4) is 0 Å². The molecule has 0 saturated carbocycles. The lowest BCUT2D eigenvalue weighted by Gasteiger charge is -2.10. The first-order valence-corrected chi connectivity index (χ1v) is 9.46. The average Bonchev–Trinajstić information content (AvgIpc) is 2.58. The molecule has 9 heteroatoms. The Morgan fingerprint density at radius 2 is 2.11 bits per heavy atom. The van der Waals surface area contributed by atoms with Crippen LogP contribution in [0.1, 0.15) is 20.3 Å². The number of nitrogens with zero attached hydrogens (tertiary/aromatic N) is 1. The van der Waals surface area contributed by atoms with Gasteiger partial charge in [-0.3, -0.25) is 4.79 Å². The van der Waals surface area contributed by atoms with Crippen molar-refractivity contribution in [3.8, 4) is 0 Å². The van der Waals surface area contributed by atoms with Crippen LogP contribution in [-0.2, 0) is 14.7 Å². The first kappa shape index (κ1) is 17.3. The Hall–Kier alpha value is 0.200. The summed E-state index contributed by atoms with van der Waals surface area (Å²) in [6.07, 6.45) is 0.479. The predicted octanol–water partition coefficient (Wildman–Crippen LogP) is 2.87. The summed E-state index contributed by atoms with van der Waals surface area (Å²) in [5.74, 6) is -0.372. The summed E-state index contributed by atoms with van der Waals surface area (Å²) < 4.78 is 17.5. The molecule has 2 atom stereocenters. The Kier molecular flexibility index (Phi) is 6.15. The molecule has 0 saturated heterocycles. The van der Waals surface area contributed by atoms with Gasteiger partial charge in [0.2, 0.25) is 0 Å². The van der Waals surface area contributed by atoms with Crippen LogP contribution in [0.15, 0.2) is 22.9 Å². The minimum Gasteiger partial charge on any atom is -0.320 e. The molecule has 1 unspecified atom stereocenters. The number of thiophene rings is 1. The van der Waals surface area contributed by atoms with Gasteiger partial charge in [-0.25, -0.2) is 9.35 Å². The zero-order valence-electron chi connectivity index (χ0n) is 10.4. The van der Waals surface area contributed by atoms with Gasteiger partial charge in [-0.2, -0.15) is 0 Å². The Labute approximate surface area is 133 Å². The van der Waals surface area contributed by atoms with Crippen LogP contribution >= 0.6 is 43.2 Å². The van der Waals surface area contributed by atoms with Crippen molar-refractivity contribution in [3.63, 3.8) is 0 Å². The zero-order chi connectivity index (χ0) is 14.8. The largest absolute Gasteiger partial charge is 0.320 e. The molecule has 1 aromatic heterocycles. The number of amides is 1. The van der Waals surface area contributed by atoms with Gasteiger partial charge in [0.1, 0.15) is 4.21 Å². The van der Waals surface area contributed by atoms with Crippen LogP contribution in [0, 0.1) is 5.92 Å². The van der Waals surface area contributed by atoms with Gasteiger partial charge in [-0.05, 0) is 44.2 Å². The van der Waals surface area contributed by atoms with E-state index in [2.05, 4.69) is 36.2 Å². The van der Waals surface area contributed by atoms with Crippen molar-refractivity contribution in [2.45, 2.75) is 30.5 Å². The highest BCUT2D eigenvalue weighted by atomic mass is 79.9. The van der Waals surface area contributed by atoms with Crippen molar-refractivity contribution >= 4 is 59.0 Å². The minimum atomic E-state index is -3.26. The molecule has 0 bridgehead atoms. The molecule has 0 aliphatic rings. The standard InChI is InChI=1S/C10H15Br2N3O2S2/c1-5(2)3-7(13)9(16)15-19(14,17)10-8(12)6(11)4-18-10/h4-5,7H,3,13H2,1-2H3,(H2,14,15,16,17)/t7-,19?/m0/s1. The van der Waals surface area contributed by atoms with Crippen molar-refractivity contribution < 1.29 is 9.00 Å². The smallest absolute Gasteiger partial charge is 0.271 e. The van der Waals surface area contributed by atoms with E-state index in [0.29, 0.717) is 15.1 Å². The SMILES string of the molecule is CC(C)C[C@H](N)C(=O)N=S(N)(=O)c1scc(Br)c1Br. The van der Waals surface area contributed by atoms with Crippen LogP contribution in [0.2, 0.25) is 0 Å². The van der Waals surface area contributed by atoms with Gasteiger partial charge in [0.15, 0.2) is 9.92 Å². The fourth-order valence-electron chi connectivity index (χ4n) is 1.36. The highest BCUT2D eigenvalue weighted by Crippen LogP contribution is 2.35. The third-order valence-electron chi connectivity index (χ3n) is 2.19. The van der Waals surface area contributed by atoms with Crippen LogP contribution in [0.4, 0.5) is 0 Å². The highest BCUT2D eigenvalue weighted by molar-refractivity contribution is 9.13. The van der Waals surface area contributed by atoms with Crippen LogP contribution in [0.5, 0.6) is 0 Å². The second kappa shape index (κ2) is 6.77. The average molecular weight is 433 g/mol. The summed E-state index contributed by atoms with van der Waals surface area (Å²) in [5, 5.41) is 7.39. The molecular weight excluding hydrogens is 418 g/mol. The minimum absolute atomic E-state index is 0.255. The predicted molar refractivity (Wildman–Crippen MR) is 85.2 cm³/mol. The van der Waals surface area contributed by atoms with Gasteiger partial charge >= 0.3 is 0 Å². The third kappa shape index (κ3) is 4.61. The molecule has 5 nitrogen and oxygen atoms in total. The lowest BCUT2D eigenvalue weighted by molar-refractivity contribution is -0.119. The van der Waals surface area contributed by atoms with E-state index in [9.17, 15) is 9.00 Å². The van der Waals surface area contributed by atoms with Crippen molar-refractivity contribution in [1.29, 1.82) is 0 Å². The van der Waals surface area contributed by atoms with E-state index >= 15 is 0 Å². The lowest BCUT2D eigenvalue weighted by Crippen LogP contribution is -2.32. The fourth-order valence-corrected chi connectivity index (χ4v) is 5.54. The molecular formula is C10H15Br2N3O2S2. The summed E-state index contributed by atoms with van der Waals surface area (Å²) in [5.41, 5.74) is 5.70. The molecule has 0 spiro atoms. The van der Waals surface area contributed by atoms with Gasteiger partial charge in [-0.15, -0.1) is 15.7 Å². The fraction of sp³-hybridized carbons (Fsp3) is 0.500. The van der Waals surface area contributed by atoms with Crippen molar-refractivity contribution in [2.24, 2.45) is 21.2 Å². The first-order valence-electron chi connectivity index (χ1n) is 5.42. The van der Waals surface area contributed by atoms with Crippen LogP contribution in [0.25, 0.3) is 0 Å². The molecule has 4 N–H and O–H groups in total. The molecule has 0 aliphatic carbocycles. The Balaban J connectivity index is 3.06. The van der Waals surface area contributed by atoms with Crippen molar-refractivity contribution in [3.05, 3.63) is 14.3 Å². The summed E-state index contributed by atoms with van der Waals surface area (Å²) in [6.45, 7) is 3.89. The highest BCUT2D eigenvalue weighted by Gasteiger charge is 2.21. The van der Waals surface area contributed by atoms with E-state index in [4.69, 9.17) is 10.9 Å². The Morgan fingerprint density at radius 3 is 2.53 bits per heavy atom. The maximum atomic E-state index is 12.3. The Bertz CT molecular complexity index is 592. The second-order valence-electron chi connectivity index (χ2n) is 4.42. The quantitative estimate of drug-likeness (QED) is 0.764. The molecule has 1 amide bonds. The number of nitrogens with two attached hydrogens (primary N) is 2. The number of hydrogen-bond donors (Lipinski definition) is 2. The molecule has 0 fully saturated rings. The summed E-state index contributed by atoms with van der Waals surface area (Å²) >= 11 is 7.69. The van der Waals surface area contributed by atoms with Crippen molar-refractivity contribution in [1.82, 2.24) is 0 Å². The van der Waals surface area contributed by atoms with Gasteiger partial charge < -0.3 is 5.73 Å². The van der Waals surface area contributed by atoms with E-state index in [-0.39, 0.29) is 5.92 Å². The molecule has 1 heterocycles. The normalized spacial score (nSPS) is 16.2. The zero-order valence-corrected chi connectivity index (χ0v) is 15.2. The summed E-state index contributed by atoms with van der Waals surface area (Å²) in [7, 11) is -3.26. The topological polar surface area (TPSA) is 98.5 Å². The number of hydrogen-bond acceptors (Lipinski definition) is 4. The second-order valence-corrected chi connectivity index (χ2v) is 8.93. The third-order valence-corrected chi connectivity index (χ3v) is 7.96. The molecule has 0 aromatic carbocycles. The molecule has 108 valence electrons. The number of carbonyl (C=O) groups is 1. The van der Waals surface area contributed by atoms with Gasteiger partial charge in [0.25, 0.3) is 5.91 Å². The van der Waals surface area contributed by atoms with Crippen LogP contribution in [-0.4, -0.2) is 16.2 Å². The molecule has 19 heavy (non-hydrogen) atoms. The van der Waals surface area contributed by atoms with E-state index < -0.39 is 21.9 Å². The van der Waals surface area contributed by atoms with Gasteiger partial charge in [0, 0.05) is 9.85 Å². The van der Waals surface area contributed by atoms with E-state index in [0.717, 1.165) is 4.47 Å².